The molecule has 0 aliphatic carbocycles. The first-order valence-electron chi connectivity index (χ1n) is 13.2. The van der Waals surface area contributed by atoms with Crippen molar-refractivity contribution in [1.82, 2.24) is 29.6 Å². The van der Waals surface area contributed by atoms with Crippen molar-refractivity contribution in [2.24, 2.45) is 5.73 Å². The Bertz CT molecular complexity index is 2050. The van der Waals surface area contributed by atoms with Gasteiger partial charge in [0.05, 0.1) is 34.5 Å². The van der Waals surface area contributed by atoms with Gasteiger partial charge in [-0.3, -0.25) is 14.4 Å². The molecule has 4 N–H and O–H groups in total. The lowest BCUT2D eigenvalue weighted by Gasteiger charge is -2.26. The molecule has 0 spiro atoms. The van der Waals surface area contributed by atoms with Gasteiger partial charge in [0.1, 0.15) is 29.2 Å². The van der Waals surface area contributed by atoms with Crippen LogP contribution in [0, 0.1) is 24.4 Å². The van der Waals surface area contributed by atoms with Gasteiger partial charge < -0.3 is 11.1 Å². The minimum atomic E-state index is -4.43. The molecule has 6 rings (SSSR count). The Hall–Kier alpha value is -5.09. The van der Waals surface area contributed by atoms with E-state index in [-0.39, 0.29) is 23.4 Å². The number of hydrogen-bond acceptors (Lipinski definition) is 9. The van der Waals surface area contributed by atoms with Gasteiger partial charge in [0.15, 0.2) is 17.5 Å². The van der Waals surface area contributed by atoms with Crippen LogP contribution in [0.25, 0.3) is 16.9 Å². The fourth-order valence-electron chi connectivity index (χ4n) is 4.99. The Morgan fingerprint density at radius 2 is 1.89 bits per heavy atom. The number of nitrogens with zero attached hydrogens (tertiary/aromatic N) is 6. The van der Waals surface area contributed by atoms with Gasteiger partial charge in [0, 0.05) is 18.7 Å². The molecule has 0 radical (unpaired) electrons. The number of aromatic nitrogens is 5. The summed E-state index contributed by atoms with van der Waals surface area (Å²) >= 11 is 0. The van der Waals surface area contributed by atoms with Gasteiger partial charge in [-0.15, -0.1) is 0 Å². The second-order valence-electron chi connectivity index (χ2n) is 10.1. The van der Waals surface area contributed by atoms with Crippen LogP contribution in [0.15, 0.2) is 59.9 Å². The maximum Gasteiger partial charge on any atom is 0.262 e. The monoisotopic (exact) mass is 623 g/mol. The van der Waals surface area contributed by atoms with Crippen molar-refractivity contribution >= 4 is 44.2 Å². The third kappa shape index (κ3) is 5.40. The molecule has 226 valence electrons. The molecule has 2 aromatic carbocycles. The molecular weight excluding hydrogens is 599 g/mol. The van der Waals surface area contributed by atoms with Crippen LogP contribution in [0.3, 0.4) is 0 Å². The number of hydrogen-bond donors (Lipinski definition) is 3. The number of benzene rings is 2. The topological polar surface area (TPSA) is 161 Å². The number of amides is 1. The maximum absolute atomic E-state index is 15.6. The van der Waals surface area contributed by atoms with Gasteiger partial charge >= 0.3 is 0 Å². The molecule has 0 saturated carbocycles. The number of rotatable bonds is 8. The maximum atomic E-state index is 15.6. The Morgan fingerprint density at radius 1 is 1.07 bits per heavy atom. The zero-order chi connectivity index (χ0) is 31.2. The van der Waals surface area contributed by atoms with Crippen molar-refractivity contribution in [3.05, 3.63) is 89.3 Å². The van der Waals surface area contributed by atoms with E-state index in [2.05, 4.69) is 30.1 Å². The summed E-state index contributed by atoms with van der Waals surface area (Å²) in [5.74, 6) is -3.20. The van der Waals surface area contributed by atoms with Crippen LogP contribution >= 0.6 is 0 Å². The molecular formula is C28H24F3N9O3S. The molecule has 1 aliphatic heterocycles. The average Bonchev–Trinajstić information content (AvgIpc) is 3.41. The summed E-state index contributed by atoms with van der Waals surface area (Å²) in [4.78, 5) is 25.9. The molecule has 0 fully saturated rings. The largest absolute Gasteiger partial charge is 0.369 e. The first-order chi connectivity index (χ1) is 21.0. The Labute approximate surface area is 248 Å². The highest BCUT2D eigenvalue weighted by Gasteiger charge is 2.25. The summed E-state index contributed by atoms with van der Waals surface area (Å²) in [5.41, 5.74) is 6.22. The average molecular weight is 624 g/mol. The number of nitrogens with two attached hydrogens (primary N) is 1. The van der Waals surface area contributed by atoms with Crippen molar-refractivity contribution in [1.29, 1.82) is 0 Å². The summed E-state index contributed by atoms with van der Waals surface area (Å²) in [6.07, 6.45) is 3.55. The molecule has 44 heavy (non-hydrogen) atoms. The molecule has 4 heterocycles. The van der Waals surface area contributed by atoms with Crippen LogP contribution in [0.1, 0.15) is 16.8 Å². The van der Waals surface area contributed by atoms with Crippen LogP contribution in [-0.2, 0) is 27.8 Å². The second-order valence-corrected chi connectivity index (χ2v) is 11.7. The van der Waals surface area contributed by atoms with E-state index in [1.165, 1.54) is 25.4 Å². The van der Waals surface area contributed by atoms with Crippen molar-refractivity contribution < 1.29 is 26.4 Å². The predicted octanol–water partition coefficient (Wildman–Crippen LogP) is 3.32. The van der Waals surface area contributed by atoms with Crippen LogP contribution in [0.5, 0.6) is 0 Å². The zero-order valence-corrected chi connectivity index (χ0v) is 23.9. The highest BCUT2D eigenvalue weighted by molar-refractivity contribution is 7.92. The van der Waals surface area contributed by atoms with Gasteiger partial charge in [0.25, 0.3) is 10.0 Å². The molecule has 0 saturated heterocycles. The van der Waals surface area contributed by atoms with Crippen LogP contribution in [-0.4, -0.2) is 57.0 Å². The number of primary amides is 1. The third-order valence-electron chi connectivity index (χ3n) is 7.18. The number of nitrogens with one attached hydrogen (secondary N) is 2. The summed E-state index contributed by atoms with van der Waals surface area (Å²) in [6, 6.07) is 8.58. The number of fused-ring (bicyclic) bond motifs is 2. The van der Waals surface area contributed by atoms with Gasteiger partial charge in [-0.1, -0.05) is 6.07 Å². The van der Waals surface area contributed by atoms with Gasteiger partial charge in [-0.25, -0.2) is 41.2 Å². The standard InChI is InChI=1S/C28H24F3N9O3S/c1-15-17(29)3-2-4-22(15)44(42,43)38-19-6-5-18(30)26(25(19)31)37-28-27-20(33-14-34-28)7-8-24(36-27)40-21-12-39(13-23(32)41)10-9-16(21)11-35-40/h2-8,11,14,38H,9-10,12-13H2,1H3,(H2,32,41)(H,33,34,37). The quantitative estimate of drug-likeness (QED) is 0.236. The van der Waals surface area contributed by atoms with E-state index in [1.807, 2.05) is 4.90 Å². The van der Waals surface area contributed by atoms with Crippen LogP contribution < -0.4 is 15.8 Å². The highest BCUT2D eigenvalue weighted by atomic mass is 32.2. The van der Waals surface area contributed by atoms with Crippen molar-refractivity contribution in [2.45, 2.75) is 24.8 Å². The second kappa shape index (κ2) is 11.2. The van der Waals surface area contributed by atoms with E-state index >= 15 is 4.39 Å². The first-order valence-corrected chi connectivity index (χ1v) is 14.7. The van der Waals surface area contributed by atoms with Crippen molar-refractivity contribution in [2.75, 3.05) is 23.1 Å². The number of carbonyl (C=O) groups is 1. The minimum absolute atomic E-state index is 0.0630. The molecule has 0 atom stereocenters. The summed E-state index contributed by atoms with van der Waals surface area (Å²) < 4.78 is 74.2. The normalized spacial score (nSPS) is 13.5. The van der Waals surface area contributed by atoms with Crippen LogP contribution in [0.2, 0.25) is 0 Å². The Kier molecular flexibility index (Phi) is 7.38. The molecule has 0 bridgehead atoms. The zero-order valence-electron chi connectivity index (χ0n) is 23.1. The minimum Gasteiger partial charge on any atom is -0.369 e. The van der Waals surface area contributed by atoms with E-state index in [0.29, 0.717) is 30.8 Å². The molecule has 16 heteroatoms. The first kappa shape index (κ1) is 29.0. The lowest BCUT2D eigenvalue weighted by atomic mass is 10.1. The van der Waals surface area contributed by atoms with E-state index in [9.17, 15) is 22.0 Å². The van der Waals surface area contributed by atoms with Crippen LogP contribution in [0.4, 0.5) is 30.4 Å². The van der Waals surface area contributed by atoms with E-state index in [4.69, 9.17) is 5.73 Å². The molecule has 1 amide bonds. The fourth-order valence-corrected chi connectivity index (χ4v) is 6.30. The molecule has 5 aromatic rings. The smallest absolute Gasteiger partial charge is 0.262 e. The molecule has 3 aromatic heterocycles. The van der Waals surface area contributed by atoms with Gasteiger partial charge in [0.2, 0.25) is 5.91 Å². The summed E-state index contributed by atoms with van der Waals surface area (Å²) in [5, 5.41) is 7.04. The lowest BCUT2D eigenvalue weighted by molar-refractivity contribution is -0.119. The Morgan fingerprint density at radius 3 is 2.68 bits per heavy atom. The van der Waals surface area contributed by atoms with Crippen molar-refractivity contribution in [3.8, 4) is 5.82 Å². The Balaban J connectivity index is 1.35. The van der Waals surface area contributed by atoms with E-state index < -0.39 is 49.7 Å². The molecule has 1 aliphatic rings. The lowest BCUT2D eigenvalue weighted by Crippen LogP contribution is -2.38. The summed E-state index contributed by atoms with van der Waals surface area (Å²) in [7, 11) is -4.43. The summed E-state index contributed by atoms with van der Waals surface area (Å²) in [6.45, 7) is 2.41. The predicted molar refractivity (Wildman–Crippen MR) is 154 cm³/mol. The number of pyridine rings is 1. The third-order valence-corrected chi connectivity index (χ3v) is 8.69. The van der Waals surface area contributed by atoms with Gasteiger partial charge in [-0.2, -0.15) is 5.10 Å². The number of halogens is 3. The van der Waals surface area contributed by atoms with Gasteiger partial charge in [-0.05, 0) is 55.3 Å². The van der Waals surface area contributed by atoms with Crippen molar-refractivity contribution in [3.63, 3.8) is 0 Å². The number of sulfonamides is 1. The SMILES string of the molecule is Cc1c(F)cccc1S(=O)(=O)Nc1ccc(F)c(Nc2ncnc3ccc(-n4ncc5c4CN(CC(N)=O)CC5)nc23)c1F. The van der Waals surface area contributed by atoms with E-state index in [0.717, 1.165) is 29.5 Å². The highest BCUT2D eigenvalue weighted by Crippen LogP contribution is 2.32. The fraction of sp³-hybridized carbons (Fsp3) is 0.179. The number of anilines is 3. The number of carbonyl (C=O) groups excluding carboxylic acids is 1. The van der Waals surface area contributed by atoms with E-state index in [1.54, 1.807) is 23.0 Å². The molecule has 12 nitrogen and oxygen atoms in total. The molecule has 0 unspecified atom stereocenters.